The Morgan fingerprint density at radius 2 is 1.66 bits per heavy atom. The summed E-state index contributed by atoms with van der Waals surface area (Å²) < 4.78 is 15.1. The van der Waals surface area contributed by atoms with Gasteiger partial charge in [-0.2, -0.15) is 10.2 Å². The molecule has 1 unspecified atom stereocenters. The quantitative estimate of drug-likeness (QED) is 0.358. The first-order valence-electron chi connectivity index (χ1n) is 10.1. The van der Waals surface area contributed by atoms with Gasteiger partial charge in [-0.1, -0.05) is 30.3 Å². The molecule has 0 fully saturated rings. The molecule has 0 saturated heterocycles. The smallest absolute Gasteiger partial charge is 0.269 e. The minimum Gasteiger partial charge on any atom is -0.302 e. The van der Waals surface area contributed by atoms with Gasteiger partial charge in [-0.3, -0.25) is 10.1 Å². The van der Waals surface area contributed by atoms with Gasteiger partial charge in [0.15, 0.2) is 0 Å². The molecule has 7 nitrogen and oxygen atoms in total. The molecule has 0 saturated carbocycles. The number of nitrogens with zero attached hydrogens (tertiary/aromatic N) is 4. The maximum atomic E-state index is 13.3. The van der Waals surface area contributed by atoms with Gasteiger partial charge in [0.05, 0.1) is 28.1 Å². The second kappa shape index (κ2) is 8.07. The molecule has 1 atom stereocenters. The first-order chi connectivity index (χ1) is 15.6. The van der Waals surface area contributed by atoms with Crippen LogP contribution in [0.5, 0.6) is 0 Å². The fraction of sp³-hybridized carbons (Fsp3) is 0.0833. The number of halogens is 1. The fourth-order valence-corrected chi connectivity index (χ4v) is 3.77. The third kappa shape index (κ3) is 3.74. The number of benzene rings is 3. The Labute approximate surface area is 183 Å². The van der Waals surface area contributed by atoms with E-state index in [1.165, 1.54) is 24.3 Å². The van der Waals surface area contributed by atoms with Gasteiger partial charge in [0.1, 0.15) is 5.82 Å². The number of nitro groups is 1. The second-order valence-corrected chi connectivity index (χ2v) is 7.47. The van der Waals surface area contributed by atoms with E-state index < -0.39 is 4.92 Å². The van der Waals surface area contributed by atoms with E-state index in [2.05, 4.69) is 10.5 Å². The van der Waals surface area contributed by atoms with Crippen molar-refractivity contribution in [3.63, 3.8) is 0 Å². The predicted molar refractivity (Wildman–Crippen MR) is 119 cm³/mol. The third-order valence-corrected chi connectivity index (χ3v) is 5.42. The summed E-state index contributed by atoms with van der Waals surface area (Å²) in [6, 6.07) is 22.2. The number of rotatable bonds is 5. The first-order valence-corrected chi connectivity index (χ1v) is 10.1. The lowest BCUT2D eigenvalue weighted by Gasteiger charge is -2.10. The number of hydrazone groups is 1. The second-order valence-electron chi connectivity index (χ2n) is 7.47. The van der Waals surface area contributed by atoms with Gasteiger partial charge in [-0.25, -0.2) is 9.07 Å². The number of hydrogen-bond donors (Lipinski definition) is 1. The van der Waals surface area contributed by atoms with Crippen LogP contribution >= 0.6 is 0 Å². The molecule has 0 bridgehead atoms. The molecule has 0 amide bonds. The Morgan fingerprint density at radius 3 is 2.34 bits per heavy atom. The Balaban J connectivity index is 1.51. The van der Waals surface area contributed by atoms with E-state index in [0.29, 0.717) is 6.42 Å². The zero-order valence-electron chi connectivity index (χ0n) is 16.9. The summed E-state index contributed by atoms with van der Waals surface area (Å²) in [6.45, 7) is 0. The first kappa shape index (κ1) is 19.6. The van der Waals surface area contributed by atoms with Gasteiger partial charge in [-0.15, -0.1) is 0 Å². The van der Waals surface area contributed by atoms with Crippen LogP contribution in [0.15, 0.2) is 90.2 Å². The van der Waals surface area contributed by atoms with Crippen LogP contribution in [-0.4, -0.2) is 20.4 Å². The number of hydrogen-bond acceptors (Lipinski definition) is 5. The van der Waals surface area contributed by atoms with Gasteiger partial charge < -0.3 is 5.43 Å². The molecule has 0 spiro atoms. The van der Waals surface area contributed by atoms with E-state index in [-0.39, 0.29) is 17.5 Å². The summed E-state index contributed by atoms with van der Waals surface area (Å²) in [5.41, 5.74) is 8.20. The number of para-hydroxylation sites is 1. The zero-order chi connectivity index (χ0) is 22.1. The molecule has 1 aliphatic heterocycles. The fourth-order valence-electron chi connectivity index (χ4n) is 3.77. The van der Waals surface area contributed by atoms with Gasteiger partial charge in [0.25, 0.3) is 5.69 Å². The lowest BCUT2D eigenvalue weighted by Crippen LogP contribution is -2.10. The Bertz CT molecular complexity index is 1300. The molecule has 158 valence electrons. The van der Waals surface area contributed by atoms with E-state index in [4.69, 9.17) is 5.10 Å². The van der Waals surface area contributed by atoms with E-state index in [0.717, 1.165) is 33.8 Å². The van der Waals surface area contributed by atoms with Gasteiger partial charge >= 0.3 is 0 Å². The minimum atomic E-state index is -0.422. The molecule has 1 aliphatic rings. The van der Waals surface area contributed by atoms with Crippen LogP contribution in [0.4, 0.5) is 10.1 Å². The normalized spacial score (nSPS) is 15.3. The molecule has 8 heteroatoms. The van der Waals surface area contributed by atoms with Crippen LogP contribution in [-0.2, 0) is 0 Å². The molecule has 0 aliphatic carbocycles. The summed E-state index contributed by atoms with van der Waals surface area (Å²) in [4.78, 5) is 10.6. The van der Waals surface area contributed by atoms with Crippen molar-refractivity contribution < 1.29 is 9.31 Å². The molecule has 2 heterocycles. The van der Waals surface area contributed by atoms with Crippen molar-refractivity contribution in [1.82, 2.24) is 15.2 Å². The highest BCUT2D eigenvalue weighted by atomic mass is 19.1. The Hall–Kier alpha value is -4.33. The molecule has 32 heavy (non-hydrogen) atoms. The van der Waals surface area contributed by atoms with Gasteiger partial charge in [0, 0.05) is 35.9 Å². The van der Waals surface area contributed by atoms with E-state index >= 15 is 0 Å². The minimum absolute atomic E-state index is 0.0266. The van der Waals surface area contributed by atoms with Crippen LogP contribution in [0, 0.1) is 15.9 Å². The lowest BCUT2D eigenvalue weighted by molar-refractivity contribution is -0.384. The SMILES string of the molecule is O=[N+]([O-])c1ccc(-c2nn(-c3ccccc3)cc2C2CC(c3ccc(F)cc3)=NN2)cc1. The zero-order valence-corrected chi connectivity index (χ0v) is 16.9. The summed E-state index contributed by atoms with van der Waals surface area (Å²) >= 11 is 0. The van der Waals surface area contributed by atoms with E-state index in [9.17, 15) is 14.5 Å². The van der Waals surface area contributed by atoms with Crippen molar-refractivity contribution in [3.8, 4) is 16.9 Å². The highest BCUT2D eigenvalue weighted by molar-refractivity contribution is 6.01. The number of non-ortho nitro benzene ring substituents is 1. The standard InChI is InChI=1S/C24H18FN5O2/c25-18-10-6-16(7-11-18)22-14-23(27-26-22)21-15-29(19-4-2-1-3-5-19)28-24(21)17-8-12-20(13-9-17)30(31)32/h1-13,15,23,27H,14H2. The van der Waals surface area contributed by atoms with E-state index in [1.807, 2.05) is 36.5 Å². The van der Waals surface area contributed by atoms with Gasteiger partial charge in [-0.05, 0) is 42.0 Å². The Kier molecular flexibility index (Phi) is 4.95. The number of nitrogens with one attached hydrogen (secondary N) is 1. The van der Waals surface area contributed by atoms with Crippen LogP contribution in [0.2, 0.25) is 0 Å². The van der Waals surface area contributed by atoms with Crippen molar-refractivity contribution in [3.05, 3.63) is 112 Å². The molecule has 3 aromatic carbocycles. The van der Waals surface area contributed by atoms with Crippen LogP contribution in [0.1, 0.15) is 23.6 Å². The largest absolute Gasteiger partial charge is 0.302 e. The predicted octanol–water partition coefficient (Wildman–Crippen LogP) is 5.03. The Morgan fingerprint density at radius 1 is 0.969 bits per heavy atom. The maximum absolute atomic E-state index is 13.3. The van der Waals surface area contributed by atoms with Crippen molar-refractivity contribution >= 4 is 11.4 Å². The monoisotopic (exact) mass is 427 g/mol. The average molecular weight is 427 g/mol. The molecule has 1 aromatic heterocycles. The number of nitro benzene ring substituents is 1. The molecule has 0 radical (unpaired) electrons. The highest BCUT2D eigenvalue weighted by Crippen LogP contribution is 2.33. The molecular weight excluding hydrogens is 409 g/mol. The van der Waals surface area contributed by atoms with Crippen molar-refractivity contribution in [1.29, 1.82) is 0 Å². The van der Waals surface area contributed by atoms with Crippen LogP contribution < -0.4 is 5.43 Å². The summed E-state index contributed by atoms with van der Waals surface area (Å²) in [6.07, 6.45) is 2.55. The summed E-state index contributed by atoms with van der Waals surface area (Å²) in [5.74, 6) is -0.290. The van der Waals surface area contributed by atoms with Crippen LogP contribution in [0.3, 0.4) is 0 Å². The molecular formula is C24H18FN5O2. The molecule has 5 rings (SSSR count). The summed E-state index contributed by atoms with van der Waals surface area (Å²) in [5, 5.41) is 20.3. The topological polar surface area (TPSA) is 85.3 Å². The van der Waals surface area contributed by atoms with Gasteiger partial charge in [0.2, 0.25) is 0 Å². The molecule has 1 N–H and O–H groups in total. The third-order valence-electron chi connectivity index (χ3n) is 5.42. The maximum Gasteiger partial charge on any atom is 0.269 e. The molecule has 4 aromatic rings. The van der Waals surface area contributed by atoms with Crippen molar-refractivity contribution in [2.75, 3.05) is 0 Å². The van der Waals surface area contributed by atoms with Crippen molar-refractivity contribution in [2.24, 2.45) is 5.10 Å². The summed E-state index contributed by atoms with van der Waals surface area (Å²) in [7, 11) is 0. The van der Waals surface area contributed by atoms with Crippen molar-refractivity contribution in [2.45, 2.75) is 12.5 Å². The van der Waals surface area contributed by atoms with Crippen LogP contribution in [0.25, 0.3) is 16.9 Å². The lowest BCUT2D eigenvalue weighted by atomic mass is 9.97. The van der Waals surface area contributed by atoms with E-state index in [1.54, 1.807) is 28.9 Å². The number of aromatic nitrogens is 2. The highest BCUT2D eigenvalue weighted by Gasteiger charge is 2.27. The average Bonchev–Trinajstić information content (AvgIpc) is 3.48.